The minimum absolute atomic E-state index is 0.00497. The molecule has 1 fully saturated rings. The maximum atomic E-state index is 13.9. The minimum Gasteiger partial charge on any atom is -0.481 e. The van der Waals surface area contributed by atoms with Crippen molar-refractivity contribution in [1.29, 1.82) is 5.41 Å². The SMILES string of the molecule is CC(C)C[C@H](NC(=O)[C@@H]1CCCN1C(=O)[C@H](CCC(N)=O)NC(=O)CNC(=O)[C@H](C)N)C(=O)N[C@@H](CCC(N)=O)C(=O)N[C@@H](CCC(=O)O)C(=O)N[C@@H](CCCNC(=N)N)C(=O)O. The van der Waals surface area contributed by atoms with Crippen molar-refractivity contribution in [2.24, 2.45) is 28.9 Å². The van der Waals surface area contributed by atoms with Crippen molar-refractivity contribution in [2.75, 3.05) is 19.6 Å². The third-order valence-electron chi connectivity index (χ3n) is 9.52. The van der Waals surface area contributed by atoms with Crippen LogP contribution in [0, 0.1) is 11.3 Å². The first-order chi connectivity index (χ1) is 29.4. The number of guanidine groups is 1. The van der Waals surface area contributed by atoms with Crippen LogP contribution in [0.25, 0.3) is 0 Å². The van der Waals surface area contributed by atoms with Crippen molar-refractivity contribution < 1.29 is 63.0 Å². The highest BCUT2D eigenvalue weighted by atomic mass is 16.4. The Bertz CT molecular complexity index is 1690. The molecule has 0 aromatic heterocycles. The molecule has 0 aromatic carbocycles. The Morgan fingerprint density at radius 2 is 1.19 bits per heavy atom. The molecular weight excluding hydrogens is 834 g/mol. The van der Waals surface area contributed by atoms with Crippen LogP contribution >= 0.6 is 0 Å². The van der Waals surface area contributed by atoms with Gasteiger partial charge in [0.25, 0.3) is 0 Å². The second kappa shape index (κ2) is 27.4. The number of carboxylic acids is 2. The smallest absolute Gasteiger partial charge is 0.326 e. The van der Waals surface area contributed by atoms with Gasteiger partial charge in [-0.15, -0.1) is 0 Å². The first kappa shape index (κ1) is 54.4. The molecule has 7 atom stereocenters. The Kier molecular flexibility index (Phi) is 23.6. The van der Waals surface area contributed by atoms with Crippen LogP contribution in [-0.2, 0) is 52.7 Å². The fourth-order valence-electron chi connectivity index (χ4n) is 6.29. The van der Waals surface area contributed by atoms with E-state index < -0.39 is 140 Å². The van der Waals surface area contributed by atoms with Crippen LogP contribution in [0.5, 0.6) is 0 Å². The number of nitrogens with zero attached hydrogens (tertiary/aromatic N) is 1. The van der Waals surface area contributed by atoms with Crippen LogP contribution in [0.2, 0.25) is 0 Å². The maximum Gasteiger partial charge on any atom is 0.326 e. The number of rotatable bonds is 29. The number of carbonyl (C=O) groups is 11. The zero-order chi connectivity index (χ0) is 48.0. The zero-order valence-electron chi connectivity index (χ0n) is 35.7. The molecule has 1 saturated heterocycles. The number of likely N-dealkylation sites (tertiary alicyclic amines) is 1. The van der Waals surface area contributed by atoms with Gasteiger partial charge in [-0.1, -0.05) is 13.8 Å². The minimum atomic E-state index is -1.64. The lowest BCUT2D eigenvalue weighted by atomic mass is 10.0. The van der Waals surface area contributed by atoms with Gasteiger partial charge < -0.3 is 75.3 Å². The molecule has 26 heteroatoms. The van der Waals surface area contributed by atoms with Gasteiger partial charge in [0.05, 0.1) is 12.6 Å². The van der Waals surface area contributed by atoms with Gasteiger partial charge in [0.2, 0.25) is 53.2 Å². The van der Waals surface area contributed by atoms with Crippen LogP contribution < -0.4 is 60.2 Å². The molecule has 0 radical (unpaired) electrons. The highest BCUT2D eigenvalue weighted by Gasteiger charge is 2.40. The Morgan fingerprint density at radius 3 is 1.68 bits per heavy atom. The van der Waals surface area contributed by atoms with Crippen molar-refractivity contribution >= 4 is 71.1 Å². The molecule has 9 amide bonds. The number of carboxylic acid groups (broad SMARTS) is 2. The van der Waals surface area contributed by atoms with Gasteiger partial charge in [0.15, 0.2) is 5.96 Å². The summed E-state index contributed by atoms with van der Waals surface area (Å²) in [6, 6.07) is -9.49. The van der Waals surface area contributed by atoms with E-state index in [9.17, 15) is 63.0 Å². The summed E-state index contributed by atoms with van der Waals surface area (Å²) >= 11 is 0. The molecule has 0 bridgehead atoms. The fraction of sp³-hybridized carbons (Fsp3) is 0.676. The molecule has 0 saturated carbocycles. The second-order valence-electron chi connectivity index (χ2n) is 15.5. The molecule has 0 aliphatic carbocycles. The van der Waals surface area contributed by atoms with E-state index in [0.29, 0.717) is 6.42 Å². The molecule has 18 N–H and O–H groups in total. The van der Waals surface area contributed by atoms with Crippen molar-refractivity contribution in [3.63, 3.8) is 0 Å². The van der Waals surface area contributed by atoms with Gasteiger partial charge in [-0.25, -0.2) is 4.79 Å². The van der Waals surface area contributed by atoms with E-state index in [1.54, 1.807) is 13.8 Å². The highest BCUT2D eigenvalue weighted by Crippen LogP contribution is 2.21. The Balaban J connectivity index is 3.31. The summed E-state index contributed by atoms with van der Waals surface area (Å²) in [5, 5.41) is 43.1. The number of amides is 9. The molecule has 0 aromatic rings. The molecule has 1 aliphatic rings. The fourth-order valence-corrected chi connectivity index (χ4v) is 6.29. The predicted octanol–water partition coefficient (Wildman–Crippen LogP) is -5.35. The topological polar surface area (TPSA) is 444 Å². The molecular formula is C37H63N13O13. The molecule has 1 rings (SSSR count). The summed E-state index contributed by atoms with van der Waals surface area (Å²) in [5.41, 5.74) is 21.3. The standard InChI is InChI=1S/C37H63N13O13/c1-18(2)16-24(49-34(60)25-7-5-15-50(25)35(61)22(9-12-27(40)52)45-28(53)17-44-30(56)19(3)38)33(59)47-20(8-11-26(39)51)31(57)46-21(10-13-29(54)55)32(58)48-23(36(62)63)6-4-14-43-37(41)42/h18-25H,4-17,38H2,1-3H3,(H2,39,51)(H2,40,52)(H,44,56)(H,45,53)(H,46,57)(H,47,59)(H,48,58)(H,49,60)(H,54,55)(H,62,63)(H4,41,42,43)/t19-,20-,21-,22-,23-,24-,25-/m0/s1. The zero-order valence-corrected chi connectivity index (χ0v) is 35.7. The van der Waals surface area contributed by atoms with Gasteiger partial charge in [-0.3, -0.25) is 53.4 Å². The molecule has 1 aliphatic heterocycles. The Hall–Kier alpha value is -6.60. The van der Waals surface area contributed by atoms with Gasteiger partial charge in [-0.05, 0) is 64.2 Å². The van der Waals surface area contributed by atoms with Gasteiger partial charge in [0.1, 0.15) is 36.3 Å². The van der Waals surface area contributed by atoms with Crippen molar-refractivity contribution in [3.05, 3.63) is 0 Å². The van der Waals surface area contributed by atoms with E-state index in [1.807, 2.05) is 0 Å². The molecule has 63 heavy (non-hydrogen) atoms. The first-order valence-electron chi connectivity index (χ1n) is 20.4. The normalized spacial score (nSPS) is 16.1. The third kappa shape index (κ3) is 21.2. The average Bonchev–Trinajstić information content (AvgIpc) is 3.68. The quantitative estimate of drug-likeness (QED) is 0.0189. The predicted molar refractivity (Wildman–Crippen MR) is 221 cm³/mol. The van der Waals surface area contributed by atoms with Crippen LogP contribution in [0.4, 0.5) is 0 Å². The van der Waals surface area contributed by atoms with Crippen molar-refractivity contribution in [3.8, 4) is 0 Å². The second-order valence-corrected chi connectivity index (χ2v) is 15.5. The summed E-state index contributed by atoms with van der Waals surface area (Å²) < 4.78 is 0. The van der Waals surface area contributed by atoms with Crippen LogP contribution in [0.15, 0.2) is 0 Å². The Morgan fingerprint density at radius 1 is 0.667 bits per heavy atom. The summed E-state index contributed by atoms with van der Waals surface area (Å²) in [4.78, 5) is 141. The number of hydrogen-bond acceptors (Lipinski definition) is 13. The van der Waals surface area contributed by atoms with E-state index in [0.717, 1.165) is 0 Å². The lowest BCUT2D eigenvalue weighted by molar-refractivity contribution is -0.143. The van der Waals surface area contributed by atoms with Crippen molar-refractivity contribution in [1.82, 2.24) is 42.1 Å². The number of nitrogens with two attached hydrogens (primary N) is 4. The van der Waals surface area contributed by atoms with Gasteiger partial charge in [0, 0.05) is 32.4 Å². The first-order valence-corrected chi connectivity index (χ1v) is 20.4. The third-order valence-corrected chi connectivity index (χ3v) is 9.52. The molecule has 1 heterocycles. The average molecular weight is 898 g/mol. The number of aliphatic carboxylic acids is 2. The highest BCUT2D eigenvalue weighted by molar-refractivity contribution is 5.97. The van der Waals surface area contributed by atoms with Crippen LogP contribution in [-0.4, -0.2) is 148 Å². The summed E-state index contributed by atoms with van der Waals surface area (Å²) in [6.45, 7) is 4.47. The largest absolute Gasteiger partial charge is 0.481 e. The van der Waals surface area contributed by atoms with E-state index in [4.69, 9.17) is 28.3 Å². The lowest BCUT2D eigenvalue weighted by Crippen LogP contribution is -2.59. The molecule has 0 spiro atoms. The summed E-state index contributed by atoms with van der Waals surface area (Å²) in [7, 11) is 0. The van der Waals surface area contributed by atoms with E-state index in [-0.39, 0.29) is 63.5 Å². The van der Waals surface area contributed by atoms with E-state index in [2.05, 4.69) is 37.2 Å². The van der Waals surface area contributed by atoms with E-state index in [1.165, 1.54) is 11.8 Å². The van der Waals surface area contributed by atoms with Crippen molar-refractivity contribution in [2.45, 2.75) is 134 Å². The number of hydrogen-bond donors (Lipinski definition) is 14. The van der Waals surface area contributed by atoms with E-state index >= 15 is 0 Å². The molecule has 26 nitrogen and oxygen atoms in total. The number of carbonyl (C=O) groups excluding carboxylic acids is 9. The monoisotopic (exact) mass is 897 g/mol. The molecule has 354 valence electrons. The van der Waals surface area contributed by atoms with Gasteiger partial charge >= 0.3 is 11.9 Å². The van der Waals surface area contributed by atoms with Crippen LogP contribution in [0.1, 0.15) is 91.4 Å². The lowest BCUT2D eigenvalue weighted by Gasteiger charge is -2.30. The summed E-state index contributed by atoms with van der Waals surface area (Å²) in [6.07, 6.45) is -2.12. The number of nitrogens with one attached hydrogen (secondary N) is 8. The van der Waals surface area contributed by atoms with Crippen LogP contribution in [0.3, 0.4) is 0 Å². The Labute approximate surface area is 363 Å². The summed E-state index contributed by atoms with van der Waals surface area (Å²) in [5.74, 6) is -11.1. The van der Waals surface area contributed by atoms with Gasteiger partial charge in [-0.2, -0.15) is 0 Å². The maximum absolute atomic E-state index is 13.9. The number of primary amides is 2. The molecule has 0 unspecified atom stereocenters.